The number of ketones is 1. The molecule has 19 heavy (non-hydrogen) atoms. The molecule has 1 fully saturated rings. The molecule has 0 spiro atoms. The van der Waals surface area contributed by atoms with Gasteiger partial charge in [0, 0.05) is 18.9 Å². The molecule has 0 saturated heterocycles. The number of nitrogens with zero attached hydrogens (tertiary/aromatic N) is 1. The SMILES string of the molecule is CCCCCCCCCCN(C)C1CCC(=O)CC1. The van der Waals surface area contributed by atoms with E-state index in [1.165, 1.54) is 57.9 Å². The second kappa shape index (κ2) is 10.4. The minimum atomic E-state index is 0.469. The van der Waals surface area contributed by atoms with Crippen LogP contribution in [-0.4, -0.2) is 30.3 Å². The van der Waals surface area contributed by atoms with E-state index in [2.05, 4.69) is 18.9 Å². The molecule has 0 amide bonds. The first-order valence-electron chi connectivity index (χ1n) is 8.46. The highest BCUT2D eigenvalue weighted by molar-refractivity contribution is 5.79. The average Bonchev–Trinajstić information content (AvgIpc) is 2.42. The maximum Gasteiger partial charge on any atom is 0.133 e. The normalized spacial score (nSPS) is 17.3. The topological polar surface area (TPSA) is 20.3 Å². The lowest BCUT2D eigenvalue weighted by atomic mass is 9.93. The first kappa shape index (κ1) is 16.7. The van der Waals surface area contributed by atoms with Crippen molar-refractivity contribution in [2.45, 2.75) is 90.0 Å². The van der Waals surface area contributed by atoms with Crippen molar-refractivity contribution in [3.8, 4) is 0 Å². The van der Waals surface area contributed by atoms with E-state index in [-0.39, 0.29) is 0 Å². The van der Waals surface area contributed by atoms with E-state index in [0.29, 0.717) is 11.8 Å². The first-order valence-corrected chi connectivity index (χ1v) is 8.46. The van der Waals surface area contributed by atoms with Gasteiger partial charge in [-0.05, 0) is 32.9 Å². The Morgan fingerprint density at radius 3 is 2.05 bits per heavy atom. The maximum absolute atomic E-state index is 11.2. The number of Topliss-reactive ketones (excluding diaryl/α,β-unsaturated/α-hetero) is 1. The summed E-state index contributed by atoms with van der Waals surface area (Å²) in [6.45, 7) is 3.49. The molecule has 2 nitrogen and oxygen atoms in total. The second-order valence-corrected chi connectivity index (χ2v) is 6.23. The monoisotopic (exact) mass is 267 g/mol. The van der Waals surface area contributed by atoms with Crippen molar-refractivity contribution in [2.24, 2.45) is 0 Å². The van der Waals surface area contributed by atoms with Crippen LogP contribution in [0.5, 0.6) is 0 Å². The Hall–Kier alpha value is -0.370. The molecular formula is C17H33NO. The van der Waals surface area contributed by atoms with Gasteiger partial charge in [0.25, 0.3) is 0 Å². The zero-order valence-corrected chi connectivity index (χ0v) is 13.1. The minimum Gasteiger partial charge on any atom is -0.303 e. The predicted molar refractivity (Wildman–Crippen MR) is 82.5 cm³/mol. The summed E-state index contributed by atoms with van der Waals surface area (Å²) in [6.07, 6.45) is 14.9. The van der Waals surface area contributed by atoms with Crippen molar-refractivity contribution in [3.05, 3.63) is 0 Å². The summed E-state index contributed by atoms with van der Waals surface area (Å²) in [5.41, 5.74) is 0. The predicted octanol–water partition coefficient (Wildman–Crippen LogP) is 4.57. The van der Waals surface area contributed by atoms with Crippen molar-refractivity contribution in [3.63, 3.8) is 0 Å². The minimum absolute atomic E-state index is 0.469. The molecule has 0 radical (unpaired) electrons. The van der Waals surface area contributed by atoms with E-state index in [1.807, 2.05) is 0 Å². The molecule has 0 aromatic rings. The van der Waals surface area contributed by atoms with Gasteiger partial charge in [-0.2, -0.15) is 0 Å². The number of carbonyl (C=O) groups excluding carboxylic acids is 1. The lowest BCUT2D eigenvalue weighted by Crippen LogP contribution is -2.35. The van der Waals surface area contributed by atoms with Crippen LogP contribution in [0.25, 0.3) is 0 Å². The van der Waals surface area contributed by atoms with Gasteiger partial charge in [0.1, 0.15) is 5.78 Å². The van der Waals surface area contributed by atoms with Gasteiger partial charge in [0.2, 0.25) is 0 Å². The summed E-state index contributed by atoms with van der Waals surface area (Å²) in [6, 6.07) is 0.669. The van der Waals surface area contributed by atoms with E-state index >= 15 is 0 Å². The molecule has 0 heterocycles. The second-order valence-electron chi connectivity index (χ2n) is 6.23. The number of unbranched alkanes of at least 4 members (excludes halogenated alkanes) is 7. The lowest BCUT2D eigenvalue weighted by molar-refractivity contribution is -0.121. The highest BCUT2D eigenvalue weighted by Gasteiger charge is 2.21. The van der Waals surface area contributed by atoms with Crippen LogP contribution in [0.15, 0.2) is 0 Å². The van der Waals surface area contributed by atoms with E-state index in [4.69, 9.17) is 0 Å². The number of hydrogen-bond donors (Lipinski definition) is 0. The zero-order valence-electron chi connectivity index (χ0n) is 13.1. The molecule has 1 rings (SSSR count). The molecule has 1 aliphatic rings. The summed E-state index contributed by atoms with van der Waals surface area (Å²) in [4.78, 5) is 13.7. The van der Waals surface area contributed by atoms with Crippen molar-refractivity contribution < 1.29 is 4.79 Å². The molecule has 1 aliphatic carbocycles. The van der Waals surface area contributed by atoms with Gasteiger partial charge in [0.05, 0.1) is 0 Å². The summed E-state index contributed by atoms with van der Waals surface area (Å²) in [5.74, 6) is 0.469. The van der Waals surface area contributed by atoms with Crippen molar-refractivity contribution in [1.29, 1.82) is 0 Å². The van der Waals surface area contributed by atoms with E-state index in [1.54, 1.807) is 0 Å². The third kappa shape index (κ3) is 7.71. The van der Waals surface area contributed by atoms with Gasteiger partial charge in [-0.1, -0.05) is 51.9 Å². The Morgan fingerprint density at radius 1 is 0.947 bits per heavy atom. The first-order chi connectivity index (χ1) is 9.24. The van der Waals surface area contributed by atoms with Gasteiger partial charge in [-0.3, -0.25) is 4.79 Å². The fraction of sp³-hybridized carbons (Fsp3) is 0.941. The molecule has 112 valence electrons. The third-order valence-corrected chi connectivity index (χ3v) is 4.50. The molecule has 0 aliphatic heterocycles. The standard InChI is InChI=1S/C17H33NO/c1-3-4-5-6-7-8-9-10-15-18(2)16-11-13-17(19)14-12-16/h16H,3-15H2,1-2H3. The Balaban J connectivity index is 1.92. The van der Waals surface area contributed by atoms with Crippen LogP contribution in [0.4, 0.5) is 0 Å². The van der Waals surface area contributed by atoms with Gasteiger partial charge in [0.15, 0.2) is 0 Å². The van der Waals surface area contributed by atoms with Crippen LogP contribution in [0, 0.1) is 0 Å². The van der Waals surface area contributed by atoms with Crippen LogP contribution in [0.3, 0.4) is 0 Å². The van der Waals surface area contributed by atoms with Gasteiger partial charge in [-0.15, -0.1) is 0 Å². The van der Waals surface area contributed by atoms with Crippen LogP contribution in [-0.2, 0) is 4.79 Å². The molecule has 0 aromatic heterocycles. The van der Waals surface area contributed by atoms with E-state index < -0.39 is 0 Å². The van der Waals surface area contributed by atoms with E-state index in [0.717, 1.165) is 25.7 Å². The Labute approximate surface area is 119 Å². The molecule has 0 bridgehead atoms. The highest BCUT2D eigenvalue weighted by atomic mass is 16.1. The molecule has 0 unspecified atom stereocenters. The summed E-state index contributed by atoms with van der Waals surface area (Å²) < 4.78 is 0. The number of carbonyl (C=O) groups is 1. The molecule has 1 saturated carbocycles. The smallest absolute Gasteiger partial charge is 0.133 e. The highest BCUT2D eigenvalue weighted by Crippen LogP contribution is 2.20. The third-order valence-electron chi connectivity index (χ3n) is 4.50. The Kier molecular flexibility index (Phi) is 9.15. The van der Waals surface area contributed by atoms with E-state index in [9.17, 15) is 4.79 Å². The van der Waals surface area contributed by atoms with Crippen LogP contribution >= 0.6 is 0 Å². The molecular weight excluding hydrogens is 234 g/mol. The summed E-state index contributed by atoms with van der Waals surface area (Å²) in [7, 11) is 2.24. The fourth-order valence-corrected chi connectivity index (χ4v) is 3.04. The van der Waals surface area contributed by atoms with Crippen LogP contribution in [0.1, 0.15) is 84.0 Å². The maximum atomic E-state index is 11.2. The quantitative estimate of drug-likeness (QED) is 0.540. The van der Waals surface area contributed by atoms with Crippen molar-refractivity contribution in [1.82, 2.24) is 4.90 Å². The van der Waals surface area contributed by atoms with Crippen LogP contribution < -0.4 is 0 Å². The van der Waals surface area contributed by atoms with Gasteiger partial charge in [-0.25, -0.2) is 0 Å². The molecule has 0 aromatic carbocycles. The molecule has 2 heteroatoms. The Bertz CT molecular complexity index is 229. The van der Waals surface area contributed by atoms with Crippen molar-refractivity contribution in [2.75, 3.05) is 13.6 Å². The average molecular weight is 267 g/mol. The summed E-state index contributed by atoms with van der Waals surface area (Å²) in [5, 5.41) is 0. The van der Waals surface area contributed by atoms with Gasteiger partial charge < -0.3 is 4.90 Å². The lowest BCUT2D eigenvalue weighted by Gasteiger charge is -2.30. The zero-order chi connectivity index (χ0) is 13.9. The fourth-order valence-electron chi connectivity index (χ4n) is 3.04. The summed E-state index contributed by atoms with van der Waals surface area (Å²) >= 11 is 0. The largest absolute Gasteiger partial charge is 0.303 e. The van der Waals surface area contributed by atoms with Gasteiger partial charge >= 0.3 is 0 Å². The van der Waals surface area contributed by atoms with Crippen LogP contribution in [0.2, 0.25) is 0 Å². The molecule has 0 atom stereocenters. The molecule has 0 N–H and O–H groups in total. The number of hydrogen-bond acceptors (Lipinski definition) is 2. The number of rotatable bonds is 10. The van der Waals surface area contributed by atoms with Crippen molar-refractivity contribution >= 4 is 5.78 Å². The Morgan fingerprint density at radius 2 is 1.47 bits per heavy atom.